The Morgan fingerprint density at radius 2 is 1.29 bits per heavy atom. The van der Waals surface area contributed by atoms with Gasteiger partial charge in [0.15, 0.2) is 11.6 Å². The highest BCUT2D eigenvalue weighted by Crippen LogP contribution is 2.25. The molecule has 3 rings (SSSR count). The third-order valence-electron chi connectivity index (χ3n) is 3.16. The largest absolute Gasteiger partial charge is 0.289 e. The van der Waals surface area contributed by atoms with E-state index in [2.05, 4.69) is 0 Å². The maximum Gasteiger partial charge on any atom is 0.194 e. The first-order valence-electron chi connectivity index (χ1n) is 5.48. The lowest BCUT2D eigenvalue weighted by Crippen LogP contribution is -2.27. The summed E-state index contributed by atoms with van der Waals surface area (Å²) in [6.45, 7) is 0. The minimum absolute atomic E-state index is 0.0479. The molecule has 0 saturated carbocycles. The number of hydrogen-bond donors (Lipinski definition) is 0. The van der Waals surface area contributed by atoms with E-state index in [-0.39, 0.29) is 11.6 Å². The van der Waals surface area contributed by atoms with Crippen molar-refractivity contribution in [1.82, 2.24) is 0 Å². The van der Waals surface area contributed by atoms with Gasteiger partial charge in [-0.25, -0.2) is 0 Å². The van der Waals surface area contributed by atoms with E-state index in [1.807, 2.05) is 20.0 Å². The Morgan fingerprint density at radius 3 is 2.00 bits per heavy atom. The van der Waals surface area contributed by atoms with E-state index < -0.39 is 0 Å². The number of carbonyl (C=O) groups is 2. The molecule has 0 aromatic heterocycles. The summed E-state index contributed by atoms with van der Waals surface area (Å²) >= 11 is 0. The monoisotopic (exact) mass is 220 g/mol. The van der Waals surface area contributed by atoms with Crippen LogP contribution >= 0.6 is 0 Å². The van der Waals surface area contributed by atoms with Crippen LogP contribution < -0.4 is 5.46 Å². The van der Waals surface area contributed by atoms with Crippen molar-refractivity contribution in [3.05, 3.63) is 64.7 Å². The van der Waals surface area contributed by atoms with Gasteiger partial charge in [-0.2, -0.15) is 0 Å². The van der Waals surface area contributed by atoms with Gasteiger partial charge in [0.1, 0.15) is 7.85 Å². The molecule has 0 N–H and O–H groups in total. The van der Waals surface area contributed by atoms with Crippen LogP contribution in [0.15, 0.2) is 42.5 Å². The first kappa shape index (κ1) is 10.0. The summed E-state index contributed by atoms with van der Waals surface area (Å²) in [5.41, 5.74) is 2.95. The molecule has 0 saturated heterocycles. The molecule has 2 nitrogen and oxygen atoms in total. The van der Waals surface area contributed by atoms with Crippen molar-refractivity contribution in [2.45, 2.75) is 0 Å². The number of rotatable bonds is 0. The van der Waals surface area contributed by atoms with E-state index >= 15 is 0 Å². The standard InChI is InChI=1S/C14H9BO2/c15-11-7-3-6-10-12(11)14(17)9-5-2-1-4-8(9)13(10)16/h1-7H,15H2. The highest BCUT2D eigenvalue weighted by molar-refractivity contribution is 6.41. The zero-order valence-corrected chi connectivity index (χ0v) is 9.36. The fraction of sp³-hybridized carbons (Fsp3) is 0. The van der Waals surface area contributed by atoms with Crippen molar-refractivity contribution in [2.75, 3.05) is 0 Å². The van der Waals surface area contributed by atoms with E-state index in [0.717, 1.165) is 5.46 Å². The third kappa shape index (κ3) is 1.29. The summed E-state index contributed by atoms with van der Waals surface area (Å²) in [7, 11) is 1.86. The molecule has 2 aromatic rings. The minimum atomic E-state index is -0.0566. The lowest BCUT2D eigenvalue weighted by molar-refractivity contribution is 0.0980. The van der Waals surface area contributed by atoms with Gasteiger partial charge in [-0.15, -0.1) is 0 Å². The molecule has 3 heteroatoms. The molecular weight excluding hydrogens is 211 g/mol. The molecule has 0 aliphatic heterocycles. The molecule has 2 aromatic carbocycles. The number of hydrogen-bond acceptors (Lipinski definition) is 2. The van der Waals surface area contributed by atoms with Crippen LogP contribution in [0.5, 0.6) is 0 Å². The summed E-state index contributed by atoms with van der Waals surface area (Å²) in [5, 5.41) is 0. The number of carbonyl (C=O) groups excluding carboxylic acids is 2. The molecule has 0 heterocycles. The molecule has 0 fully saturated rings. The van der Waals surface area contributed by atoms with Gasteiger partial charge in [0, 0.05) is 22.3 Å². The third-order valence-corrected chi connectivity index (χ3v) is 3.16. The van der Waals surface area contributed by atoms with E-state index in [9.17, 15) is 9.59 Å². The first-order valence-corrected chi connectivity index (χ1v) is 5.48. The molecule has 0 bridgehead atoms. The van der Waals surface area contributed by atoms with Gasteiger partial charge in [-0.1, -0.05) is 47.9 Å². The van der Waals surface area contributed by atoms with Crippen molar-refractivity contribution in [3.8, 4) is 0 Å². The van der Waals surface area contributed by atoms with Gasteiger partial charge in [0.05, 0.1) is 0 Å². The smallest absolute Gasteiger partial charge is 0.194 e. The molecule has 17 heavy (non-hydrogen) atoms. The molecule has 0 spiro atoms. The van der Waals surface area contributed by atoms with Crippen LogP contribution in [-0.4, -0.2) is 19.4 Å². The van der Waals surface area contributed by atoms with E-state index in [4.69, 9.17) is 0 Å². The number of fused-ring (bicyclic) bond motifs is 2. The Morgan fingerprint density at radius 1 is 0.706 bits per heavy atom. The SMILES string of the molecule is Bc1cccc2c1C(=O)c1ccccc1C2=O. The Bertz CT molecular complexity index is 659. The Kier molecular flexibility index (Phi) is 2.02. The zero-order chi connectivity index (χ0) is 12.0. The second-order valence-corrected chi connectivity index (χ2v) is 4.20. The molecule has 80 valence electrons. The Labute approximate surface area is 99.7 Å². The summed E-state index contributed by atoms with van der Waals surface area (Å²) in [6, 6.07) is 12.4. The Balaban J connectivity index is 2.37. The van der Waals surface area contributed by atoms with Gasteiger partial charge >= 0.3 is 0 Å². The quantitative estimate of drug-likeness (QED) is 0.523. The highest BCUT2D eigenvalue weighted by Gasteiger charge is 2.29. The minimum Gasteiger partial charge on any atom is -0.289 e. The van der Waals surface area contributed by atoms with Crippen LogP contribution in [0.2, 0.25) is 0 Å². The van der Waals surface area contributed by atoms with Crippen LogP contribution in [0.1, 0.15) is 31.8 Å². The summed E-state index contributed by atoms with van der Waals surface area (Å²) in [6.07, 6.45) is 0. The topological polar surface area (TPSA) is 34.1 Å². The molecular formula is C14H9BO2. The van der Waals surface area contributed by atoms with Crippen molar-refractivity contribution < 1.29 is 9.59 Å². The molecule has 0 atom stereocenters. The van der Waals surface area contributed by atoms with Crippen LogP contribution in [0.4, 0.5) is 0 Å². The summed E-state index contributed by atoms with van der Waals surface area (Å²) < 4.78 is 0. The fourth-order valence-electron chi connectivity index (χ4n) is 2.32. The normalized spacial score (nSPS) is 13.2. The lowest BCUT2D eigenvalue weighted by atomic mass is 9.77. The van der Waals surface area contributed by atoms with Crippen molar-refractivity contribution in [3.63, 3.8) is 0 Å². The molecule has 1 aliphatic rings. The van der Waals surface area contributed by atoms with Gasteiger partial charge in [0.25, 0.3) is 0 Å². The second kappa shape index (κ2) is 3.42. The first-order chi connectivity index (χ1) is 8.20. The number of ketones is 2. The van der Waals surface area contributed by atoms with Crippen molar-refractivity contribution >= 4 is 24.9 Å². The molecule has 0 radical (unpaired) electrons. The predicted molar refractivity (Wildman–Crippen MR) is 67.9 cm³/mol. The van der Waals surface area contributed by atoms with Crippen LogP contribution in [-0.2, 0) is 0 Å². The maximum absolute atomic E-state index is 12.3. The van der Waals surface area contributed by atoms with E-state index in [1.165, 1.54) is 0 Å². The Hall–Kier alpha value is -2.16. The predicted octanol–water partition coefficient (Wildman–Crippen LogP) is 0.720. The van der Waals surface area contributed by atoms with Crippen LogP contribution in [0.3, 0.4) is 0 Å². The average Bonchev–Trinajstić information content (AvgIpc) is 2.36. The highest BCUT2D eigenvalue weighted by atomic mass is 16.1. The van der Waals surface area contributed by atoms with Gasteiger partial charge in [-0.05, 0) is 0 Å². The number of benzene rings is 2. The van der Waals surface area contributed by atoms with Gasteiger partial charge in [-0.3, -0.25) is 9.59 Å². The van der Waals surface area contributed by atoms with Gasteiger partial charge in [0.2, 0.25) is 0 Å². The molecule has 0 unspecified atom stereocenters. The second-order valence-electron chi connectivity index (χ2n) is 4.20. The van der Waals surface area contributed by atoms with E-state index in [0.29, 0.717) is 22.3 Å². The van der Waals surface area contributed by atoms with Gasteiger partial charge < -0.3 is 0 Å². The van der Waals surface area contributed by atoms with Crippen LogP contribution in [0, 0.1) is 0 Å². The average molecular weight is 220 g/mol. The molecule has 0 amide bonds. The van der Waals surface area contributed by atoms with Crippen LogP contribution in [0.25, 0.3) is 0 Å². The zero-order valence-electron chi connectivity index (χ0n) is 9.36. The fourth-order valence-corrected chi connectivity index (χ4v) is 2.32. The summed E-state index contributed by atoms with van der Waals surface area (Å²) in [4.78, 5) is 24.6. The van der Waals surface area contributed by atoms with E-state index in [1.54, 1.807) is 30.3 Å². The maximum atomic E-state index is 12.3. The van der Waals surface area contributed by atoms with Crippen molar-refractivity contribution in [2.24, 2.45) is 0 Å². The molecule has 1 aliphatic carbocycles. The summed E-state index contributed by atoms with van der Waals surface area (Å²) in [5.74, 6) is -0.104. The van der Waals surface area contributed by atoms with Crippen molar-refractivity contribution in [1.29, 1.82) is 0 Å². The lowest BCUT2D eigenvalue weighted by Gasteiger charge is -2.18.